The largest absolute Gasteiger partial charge is 0.105 e. The zero-order chi connectivity index (χ0) is 8.43. The minimum absolute atomic E-state index is 1.12. The normalized spacial score (nSPS) is 9.73. The van der Waals surface area contributed by atoms with Gasteiger partial charge in [0.05, 0.1) is 0 Å². The van der Waals surface area contributed by atoms with Gasteiger partial charge in [0.25, 0.3) is 0 Å². The Kier molecular flexibility index (Phi) is 2.46. The smallest absolute Gasteiger partial charge is 0.0230 e. The molecule has 0 spiro atoms. The lowest BCUT2D eigenvalue weighted by Gasteiger charge is -2.03. The summed E-state index contributed by atoms with van der Waals surface area (Å²) in [6, 6.07) is 6.35. The molecule has 0 nitrogen and oxygen atoms in total. The van der Waals surface area contributed by atoms with E-state index in [1.807, 2.05) is 6.92 Å². The fraction of sp³-hybridized carbons (Fsp3) is 0.200. The van der Waals surface area contributed by atoms with Crippen LogP contribution >= 0.6 is 9.24 Å². The van der Waals surface area contributed by atoms with E-state index < -0.39 is 0 Å². The van der Waals surface area contributed by atoms with Gasteiger partial charge in [-0.3, -0.25) is 0 Å². The van der Waals surface area contributed by atoms with Gasteiger partial charge in [0.1, 0.15) is 0 Å². The molecule has 1 aromatic carbocycles. The van der Waals surface area contributed by atoms with E-state index in [2.05, 4.69) is 40.9 Å². The second-order valence-electron chi connectivity index (χ2n) is 2.85. The third-order valence-electron chi connectivity index (χ3n) is 1.76. The van der Waals surface area contributed by atoms with Crippen LogP contribution in [0.5, 0.6) is 0 Å². The van der Waals surface area contributed by atoms with Crippen LogP contribution < -0.4 is 5.30 Å². The number of hydrogen-bond acceptors (Lipinski definition) is 0. The maximum Gasteiger partial charge on any atom is -0.0230 e. The van der Waals surface area contributed by atoms with Crippen molar-refractivity contribution in [3.63, 3.8) is 0 Å². The first kappa shape index (κ1) is 8.49. The Balaban J connectivity index is 3.15. The van der Waals surface area contributed by atoms with Crippen molar-refractivity contribution in [1.29, 1.82) is 0 Å². The highest BCUT2D eigenvalue weighted by molar-refractivity contribution is 7.27. The Hall–Kier alpha value is -0.610. The highest BCUT2D eigenvalue weighted by Crippen LogP contribution is 2.12. The van der Waals surface area contributed by atoms with Gasteiger partial charge < -0.3 is 0 Å². The van der Waals surface area contributed by atoms with Crippen molar-refractivity contribution in [2.45, 2.75) is 13.8 Å². The number of rotatable bonds is 1. The third kappa shape index (κ3) is 1.91. The Labute approximate surface area is 70.5 Å². The summed E-state index contributed by atoms with van der Waals surface area (Å²) in [5.74, 6) is 0. The molecule has 0 aliphatic carbocycles. The van der Waals surface area contributed by atoms with Gasteiger partial charge in [-0.15, -0.1) is 9.24 Å². The maximum absolute atomic E-state index is 3.89. The van der Waals surface area contributed by atoms with Crippen LogP contribution in [0.25, 0.3) is 5.57 Å². The Bertz CT molecular complexity index is 287. The molecule has 0 aliphatic rings. The minimum atomic E-state index is 1.12. The van der Waals surface area contributed by atoms with E-state index in [9.17, 15) is 0 Å². The van der Waals surface area contributed by atoms with Crippen LogP contribution in [0.4, 0.5) is 0 Å². The molecule has 0 saturated carbocycles. The lowest BCUT2D eigenvalue weighted by molar-refractivity contribution is 1.48. The molecule has 0 bridgehead atoms. The summed E-state index contributed by atoms with van der Waals surface area (Å²) in [7, 11) is 2.71. The van der Waals surface area contributed by atoms with Crippen LogP contribution in [0, 0.1) is 6.92 Å². The minimum Gasteiger partial charge on any atom is -0.105 e. The summed E-state index contributed by atoms with van der Waals surface area (Å²) >= 11 is 0. The summed E-state index contributed by atoms with van der Waals surface area (Å²) in [5.41, 5.74) is 3.65. The number of hydrogen-bond donors (Lipinski definition) is 0. The Morgan fingerprint density at radius 3 is 2.55 bits per heavy atom. The molecule has 11 heavy (non-hydrogen) atoms. The molecule has 1 unspecified atom stereocenters. The van der Waals surface area contributed by atoms with Crippen molar-refractivity contribution in [3.05, 3.63) is 35.9 Å². The highest BCUT2D eigenvalue weighted by atomic mass is 31.0. The van der Waals surface area contributed by atoms with E-state index in [-0.39, 0.29) is 0 Å². The zero-order valence-corrected chi connectivity index (χ0v) is 8.17. The van der Waals surface area contributed by atoms with Crippen LogP contribution in [0.2, 0.25) is 0 Å². The standard InChI is InChI=1S/C10H13P/c1-7(2)9-4-5-10(11)8(3)6-9/h4-6H,1,11H2,2-3H3. The first-order valence-corrected chi connectivity index (χ1v) is 4.21. The molecular weight excluding hydrogens is 151 g/mol. The summed E-state index contributed by atoms with van der Waals surface area (Å²) in [5, 5.41) is 1.26. The SMILES string of the molecule is C=C(C)c1ccc(P)c(C)c1. The van der Waals surface area contributed by atoms with E-state index in [1.165, 1.54) is 16.4 Å². The first-order chi connectivity index (χ1) is 5.11. The molecule has 0 aliphatic heterocycles. The second-order valence-corrected chi connectivity index (χ2v) is 3.47. The van der Waals surface area contributed by atoms with Crippen LogP contribution in [-0.2, 0) is 0 Å². The Morgan fingerprint density at radius 1 is 1.45 bits per heavy atom. The quantitative estimate of drug-likeness (QED) is 0.559. The van der Waals surface area contributed by atoms with Crippen molar-refractivity contribution < 1.29 is 0 Å². The van der Waals surface area contributed by atoms with Crippen molar-refractivity contribution in [2.24, 2.45) is 0 Å². The van der Waals surface area contributed by atoms with Gasteiger partial charge in [-0.2, -0.15) is 0 Å². The van der Waals surface area contributed by atoms with E-state index in [0.29, 0.717) is 0 Å². The Morgan fingerprint density at radius 2 is 2.09 bits per heavy atom. The molecule has 0 saturated heterocycles. The predicted molar refractivity (Wildman–Crippen MR) is 55.2 cm³/mol. The third-order valence-corrected chi connectivity index (χ3v) is 2.41. The van der Waals surface area contributed by atoms with Crippen molar-refractivity contribution in [3.8, 4) is 0 Å². The predicted octanol–water partition coefficient (Wildman–Crippen LogP) is 2.53. The van der Waals surface area contributed by atoms with E-state index in [4.69, 9.17) is 0 Å². The number of benzene rings is 1. The lowest BCUT2D eigenvalue weighted by atomic mass is 10.1. The van der Waals surface area contributed by atoms with Crippen LogP contribution in [0.1, 0.15) is 18.1 Å². The average Bonchev–Trinajstić information content (AvgIpc) is 1.94. The molecule has 1 heteroatoms. The lowest BCUT2D eigenvalue weighted by Crippen LogP contribution is -1.96. The van der Waals surface area contributed by atoms with Gasteiger partial charge >= 0.3 is 0 Å². The van der Waals surface area contributed by atoms with E-state index >= 15 is 0 Å². The van der Waals surface area contributed by atoms with Crippen LogP contribution in [-0.4, -0.2) is 0 Å². The molecule has 0 amide bonds. The maximum atomic E-state index is 3.89. The molecule has 0 heterocycles. The first-order valence-electron chi connectivity index (χ1n) is 3.63. The summed E-state index contributed by atoms with van der Waals surface area (Å²) in [4.78, 5) is 0. The molecule has 1 rings (SSSR count). The molecule has 0 aromatic heterocycles. The van der Waals surface area contributed by atoms with Gasteiger partial charge in [-0.25, -0.2) is 0 Å². The highest BCUT2D eigenvalue weighted by Gasteiger charge is 1.95. The van der Waals surface area contributed by atoms with Crippen LogP contribution in [0.3, 0.4) is 0 Å². The zero-order valence-electron chi connectivity index (χ0n) is 7.02. The summed E-state index contributed by atoms with van der Waals surface area (Å²) < 4.78 is 0. The van der Waals surface area contributed by atoms with Gasteiger partial charge in [0.15, 0.2) is 0 Å². The molecule has 0 N–H and O–H groups in total. The fourth-order valence-electron chi connectivity index (χ4n) is 0.941. The van der Waals surface area contributed by atoms with Gasteiger partial charge in [-0.05, 0) is 30.3 Å². The fourth-order valence-corrected chi connectivity index (χ4v) is 1.12. The molecular formula is C10H13P. The molecule has 58 valence electrons. The van der Waals surface area contributed by atoms with E-state index in [1.54, 1.807) is 0 Å². The molecule has 1 aromatic rings. The topological polar surface area (TPSA) is 0 Å². The molecule has 0 radical (unpaired) electrons. The number of allylic oxidation sites excluding steroid dienone is 1. The van der Waals surface area contributed by atoms with Crippen molar-refractivity contribution in [1.82, 2.24) is 0 Å². The summed E-state index contributed by atoms with van der Waals surface area (Å²) in [6.45, 7) is 8.02. The van der Waals surface area contributed by atoms with Gasteiger partial charge in [0.2, 0.25) is 0 Å². The van der Waals surface area contributed by atoms with Gasteiger partial charge in [0, 0.05) is 0 Å². The molecule has 0 fully saturated rings. The number of aryl methyl sites for hydroxylation is 1. The summed E-state index contributed by atoms with van der Waals surface area (Å²) in [6.07, 6.45) is 0. The van der Waals surface area contributed by atoms with Crippen molar-refractivity contribution in [2.75, 3.05) is 0 Å². The monoisotopic (exact) mass is 164 g/mol. The van der Waals surface area contributed by atoms with Gasteiger partial charge in [-0.1, -0.05) is 30.4 Å². The van der Waals surface area contributed by atoms with Crippen LogP contribution in [0.15, 0.2) is 24.8 Å². The van der Waals surface area contributed by atoms with Crippen molar-refractivity contribution >= 4 is 20.1 Å². The average molecular weight is 164 g/mol. The molecule has 1 atom stereocenters. The van der Waals surface area contributed by atoms with E-state index in [0.717, 1.165) is 5.57 Å². The second kappa shape index (κ2) is 3.19.